The maximum absolute atomic E-state index is 6.12. The van der Waals surface area contributed by atoms with Gasteiger partial charge in [0.2, 0.25) is 0 Å². The van der Waals surface area contributed by atoms with Crippen molar-refractivity contribution in [3.8, 4) is 0 Å². The zero-order chi connectivity index (χ0) is 15.4. The Bertz CT molecular complexity index is 540. The van der Waals surface area contributed by atoms with Crippen LogP contribution < -0.4 is 0 Å². The van der Waals surface area contributed by atoms with Gasteiger partial charge >= 0.3 is 8.56 Å². The molecule has 0 heterocycles. The molecule has 1 atom stereocenters. The zero-order valence-electron chi connectivity index (χ0n) is 13.6. The maximum atomic E-state index is 6.12. The molecule has 2 aliphatic rings. The number of hydrogen-bond acceptors (Lipinski definition) is 2. The summed E-state index contributed by atoms with van der Waals surface area (Å²) in [5.74, 6) is 0. The third-order valence-corrected chi connectivity index (χ3v) is 9.51. The Morgan fingerprint density at radius 1 is 0.955 bits per heavy atom. The van der Waals surface area contributed by atoms with Gasteiger partial charge in [-0.05, 0) is 24.0 Å². The van der Waals surface area contributed by atoms with Crippen LogP contribution in [-0.2, 0) is 8.85 Å². The molecule has 1 saturated carbocycles. The fraction of sp³-hybridized carbons (Fsp3) is 0.474. The summed E-state index contributed by atoms with van der Waals surface area (Å²) in [6.07, 6.45) is 13.4. The molecule has 2 aliphatic carbocycles. The molecule has 118 valence electrons. The molecule has 0 bridgehead atoms. The highest BCUT2D eigenvalue weighted by Crippen LogP contribution is 2.47. The highest BCUT2D eigenvalue weighted by molar-refractivity contribution is 6.71. The van der Waals surface area contributed by atoms with Crippen LogP contribution in [0.3, 0.4) is 0 Å². The summed E-state index contributed by atoms with van der Waals surface area (Å²) in [4.78, 5) is 0. The van der Waals surface area contributed by atoms with Gasteiger partial charge < -0.3 is 8.85 Å². The minimum atomic E-state index is -2.25. The average molecular weight is 315 g/mol. The fourth-order valence-corrected chi connectivity index (χ4v) is 7.96. The zero-order valence-corrected chi connectivity index (χ0v) is 14.6. The molecule has 1 aromatic rings. The molecule has 0 aromatic heterocycles. The lowest BCUT2D eigenvalue weighted by Gasteiger charge is -2.40. The molecule has 0 amide bonds. The summed E-state index contributed by atoms with van der Waals surface area (Å²) in [6, 6.07) is 10.6. The van der Waals surface area contributed by atoms with Gasteiger partial charge in [-0.15, -0.1) is 0 Å². The van der Waals surface area contributed by atoms with Gasteiger partial charge in [-0.1, -0.05) is 67.8 Å². The molecule has 3 rings (SSSR count). The lowest BCUT2D eigenvalue weighted by molar-refractivity contribution is 0.214. The molecule has 22 heavy (non-hydrogen) atoms. The van der Waals surface area contributed by atoms with E-state index in [1.54, 1.807) is 0 Å². The molecule has 0 aliphatic heterocycles. The largest absolute Gasteiger partial charge is 0.397 e. The van der Waals surface area contributed by atoms with Crippen molar-refractivity contribution in [1.29, 1.82) is 0 Å². The van der Waals surface area contributed by atoms with Gasteiger partial charge in [0, 0.05) is 25.3 Å². The van der Waals surface area contributed by atoms with Crippen molar-refractivity contribution in [1.82, 2.24) is 0 Å². The van der Waals surface area contributed by atoms with Gasteiger partial charge in [0.1, 0.15) is 0 Å². The van der Waals surface area contributed by atoms with E-state index in [-0.39, 0.29) is 0 Å². The Hall–Kier alpha value is -1.16. The van der Waals surface area contributed by atoms with Crippen molar-refractivity contribution in [3.63, 3.8) is 0 Å². The van der Waals surface area contributed by atoms with Crippen molar-refractivity contribution in [2.45, 2.75) is 43.2 Å². The topological polar surface area (TPSA) is 18.5 Å². The van der Waals surface area contributed by atoms with Crippen LogP contribution in [0.2, 0.25) is 11.1 Å². The highest BCUT2D eigenvalue weighted by Gasteiger charge is 2.50. The number of hydrogen-bond donors (Lipinski definition) is 0. The first kappa shape index (κ1) is 15.7. The van der Waals surface area contributed by atoms with Crippen molar-refractivity contribution < 1.29 is 8.85 Å². The summed E-state index contributed by atoms with van der Waals surface area (Å²) < 4.78 is 12.2. The van der Waals surface area contributed by atoms with Crippen LogP contribution >= 0.6 is 0 Å². The summed E-state index contributed by atoms with van der Waals surface area (Å²) >= 11 is 0. The summed E-state index contributed by atoms with van der Waals surface area (Å²) in [7, 11) is 1.46. The second kappa shape index (κ2) is 6.94. The number of rotatable bonds is 5. The molecule has 3 heteroatoms. The SMILES string of the molecule is CO[Si](OC)(C1C=CC(c2ccccc2)=C1)C1CCCCC1. The van der Waals surface area contributed by atoms with E-state index in [0.717, 1.165) is 0 Å². The molecule has 2 nitrogen and oxygen atoms in total. The molecule has 1 fully saturated rings. The Labute approximate surface area is 135 Å². The summed E-state index contributed by atoms with van der Waals surface area (Å²) in [6.45, 7) is 0. The van der Waals surface area contributed by atoms with Crippen LogP contribution in [0.15, 0.2) is 48.6 Å². The van der Waals surface area contributed by atoms with E-state index in [2.05, 4.69) is 48.6 Å². The molecule has 0 spiro atoms. The fourth-order valence-electron chi connectivity index (χ4n) is 4.05. The van der Waals surface area contributed by atoms with Gasteiger partial charge in [-0.3, -0.25) is 0 Å². The number of allylic oxidation sites excluding steroid dienone is 4. The molecule has 1 aromatic carbocycles. The number of benzene rings is 1. The Kier molecular flexibility index (Phi) is 4.96. The minimum absolute atomic E-state index is 0.320. The van der Waals surface area contributed by atoms with Crippen LogP contribution in [-0.4, -0.2) is 22.8 Å². The molecular formula is C19H26O2Si. The van der Waals surface area contributed by atoms with Gasteiger partial charge in [-0.2, -0.15) is 0 Å². The minimum Gasteiger partial charge on any atom is -0.397 e. The highest BCUT2D eigenvalue weighted by atomic mass is 28.4. The van der Waals surface area contributed by atoms with Gasteiger partial charge in [0.15, 0.2) is 0 Å². The predicted octanol–water partition coefficient (Wildman–Crippen LogP) is 5.08. The second-order valence-electron chi connectivity index (χ2n) is 6.34. The van der Waals surface area contributed by atoms with E-state index in [1.807, 2.05) is 14.2 Å². The van der Waals surface area contributed by atoms with Crippen LogP contribution in [0.4, 0.5) is 0 Å². The van der Waals surface area contributed by atoms with E-state index in [9.17, 15) is 0 Å². The van der Waals surface area contributed by atoms with Crippen LogP contribution in [0.1, 0.15) is 37.7 Å². The Morgan fingerprint density at radius 3 is 2.27 bits per heavy atom. The van der Waals surface area contributed by atoms with E-state index in [4.69, 9.17) is 8.85 Å². The predicted molar refractivity (Wildman–Crippen MR) is 93.9 cm³/mol. The van der Waals surface area contributed by atoms with E-state index < -0.39 is 8.56 Å². The quantitative estimate of drug-likeness (QED) is 0.706. The van der Waals surface area contributed by atoms with E-state index >= 15 is 0 Å². The standard InChI is InChI=1S/C19H26O2Si/c1-20-22(21-2,18-11-7-4-8-12-18)19-14-13-17(15-19)16-9-5-3-6-10-16/h3,5-6,9-10,13-15,18-19H,4,7-8,11-12H2,1-2H3. The summed E-state index contributed by atoms with van der Waals surface area (Å²) in [5, 5.41) is 0. The van der Waals surface area contributed by atoms with Gasteiger partial charge in [-0.25, -0.2) is 0 Å². The molecule has 0 radical (unpaired) electrons. The normalized spacial score (nSPS) is 22.8. The van der Waals surface area contributed by atoms with Crippen molar-refractivity contribution >= 4 is 14.1 Å². The smallest absolute Gasteiger partial charge is 0.351 e. The Balaban J connectivity index is 1.87. The monoisotopic (exact) mass is 314 g/mol. The molecular weight excluding hydrogens is 288 g/mol. The first-order chi connectivity index (χ1) is 10.8. The van der Waals surface area contributed by atoms with Crippen molar-refractivity contribution in [3.05, 3.63) is 54.1 Å². The third-order valence-electron chi connectivity index (χ3n) is 5.23. The van der Waals surface area contributed by atoms with Gasteiger partial charge in [0.05, 0.1) is 0 Å². The van der Waals surface area contributed by atoms with Crippen molar-refractivity contribution in [2.75, 3.05) is 14.2 Å². The molecule has 0 saturated heterocycles. The van der Waals surface area contributed by atoms with Crippen LogP contribution in [0.5, 0.6) is 0 Å². The van der Waals surface area contributed by atoms with E-state index in [1.165, 1.54) is 43.2 Å². The first-order valence-corrected chi connectivity index (χ1v) is 10.3. The Morgan fingerprint density at radius 2 is 1.64 bits per heavy atom. The second-order valence-corrected chi connectivity index (χ2v) is 10.1. The van der Waals surface area contributed by atoms with Crippen molar-refractivity contribution in [2.24, 2.45) is 0 Å². The van der Waals surface area contributed by atoms with Gasteiger partial charge in [0.25, 0.3) is 0 Å². The van der Waals surface area contributed by atoms with E-state index in [0.29, 0.717) is 11.1 Å². The lowest BCUT2D eigenvalue weighted by Crippen LogP contribution is -2.49. The van der Waals surface area contributed by atoms with Crippen LogP contribution in [0, 0.1) is 0 Å². The third kappa shape index (κ3) is 2.85. The molecule has 1 unspecified atom stereocenters. The van der Waals surface area contributed by atoms with Crippen LogP contribution in [0.25, 0.3) is 5.57 Å². The first-order valence-electron chi connectivity index (χ1n) is 8.36. The average Bonchev–Trinajstić information content (AvgIpc) is 3.09. The maximum Gasteiger partial charge on any atom is 0.351 e. The lowest BCUT2D eigenvalue weighted by atomic mass is 10.0. The summed E-state index contributed by atoms with van der Waals surface area (Å²) in [5.41, 5.74) is 3.51. The molecule has 0 N–H and O–H groups in total.